The highest BCUT2D eigenvalue weighted by atomic mass is 16.5. The first kappa shape index (κ1) is 22.1. The van der Waals surface area contributed by atoms with Crippen molar-refractivity contribution in [1.29, 1.82) is 0 Å². The van der Waals surface area contributed by atoms with Crippen LogP contribution < -0.4 is 0 Å². The zero-order chi connectivity index (χ0) is 18.5. The number of hydrogen-bond donors (Lipinski definition) is 0. The van der Waals surface area contributed by atoms with Crippen LogP contribution >= 0.6 is 0 Å². The molecule has 0 fully saturated rings. The average molecular weight is 340 g/mol. The van der Waals surface area contributed by atoms with E-state index in [4.69, 9.17) is 4.74 Å². The molecule has 0 amide bonds. The molecule has 0 bridgehead atoms. The molecular weight excluding hydrogens is 312 g/mol. The van der Waals surface area contributed by atoms with Gasteiger partial charge >= 0.3 is 5.97 Å². The number of esters is 1. The van der Waals surface area contributed by atoms with Crippen LogP contribution in [0.1, 0.15) is 78.6 Å². The lowest BCUT2D eigenvalue weighted by Crippen LogP contribution is -2.20. The summed E-state index contributed by atoms with van der Waals surface area (Å²) in [5.74, 6) is -0.554. The highest BCUT2D eigenvalue weighted by Gasteiger charge is 2.17. The zero-order valence-electron chi connectivity index (χ0n) is 14.9. The fraction of sp³-hybridized carbons (Fsp3) is 0.722. The van der Waals surface area contributed by atoms with E-state index in [2.05, 4.69) is 0 Å². The molecule has 1 atom stereocenters. The molecule has 0 aliphatic heterocycles. The standard InChI is InChI=1S/C18H28O6/c1-4-18(23)24-17(11-6-14(3)20)12-10-16(22)9-8-15(21)7-5-13(2)19/h17H,4-12H2,1-3H3. The lowest BCUT2D eigenvalue weighted by Gasteiger charge is -2.16. The number of ether oxygens (including phenoxy) is 1. The van der Waals surface area contributed by atoms with Crippen LogP contribution in [0.4, 0.5) is 0 Å². The maximum atomic E-state index is 11.9. The van der Waals surface area contributed by atoms with Gasteiger partial charge in [-0.25, -0.2) is 0 Å². The Bertz CT molecular complexity index is 466. The summed E-state index contributed by atoms with van der Waals surface area (Å²) in [5, 5.41) is 0. The lowest BCUT2D eigenvalue weighted by molar-refractivity contribution is -0.150. The van der Waals surface area contributed by atoms with Gasteiger partial charge in [0.1, 0.15) is 29.2 Å². The van der Waals surface area contributed by atoms with Crippen molar-refractivity contribution < 1.29 is 28.7 Å². The highest BCUT2D eigenvalue weighted by molar-refractivity contribution is 5.88. The molecule has 0 saturated carbocycles. The molecule has 0 saturated heterocycles. The van der Waals surface area contributed by atoms with Crippen molar-refractivity contribution in [2.75, 3.05) is 0 Å². The molecule has 6 heteroatoms. The summed E-state index contributed by atoms with van der Waals surface area (Å²) in [6.07, 6.45) is 1.75. The monoisotopic (exact) mass is 340 g/mol. The molecule has 0 N–H and O–H groups in total. The molecule has 0 aliphatic rings. The van der Waals surface area contributed by atoms with Gasteiger partial charge < -0.3 is 14.3 Å². The van der Waals surface area contributed by atoms with E-state index in [1.54, 1.807) is 6.92 Å². The number of Topliss-reactive ketones (excluding diaryl/α,β-unsaturated/α-hetero) is 4. The van der Waals surface area contributed by atoms with E-state index in [-0.39, 0.29) is 67.6 Å². The normalized spacial score (nSPS) is 11.6. The van der Waals surface area contributed by atoms with Gasteiger partial charge in [0.05, 0.1) is 0 Å². The number of rotatable bonds is 14. The molecule has 0 aromatic rings. The Morgan fingerprint density at radius 1 is 0.708 bits per heavy atom. The Kier molecular flexibility index (Phi) is 11.6. The van der Waals surface area contributed by atoms with Crippen LogP contribution in [-0.4, -0.2) is 35.2 Å². The Morgan fingerprint density at radius 2 is 1.17 bits per heavy atom. The minimum Gasteiger partial charge on any atom is -0.462 e. The van der Waals surface area contributed by atoms with Gasteiger partial charge in [-0.2, -0.15) is 0 Å². The van der Waals surface area contributed by atoms with E-state index in [1.165, 1.54) is 13.8 Å². The summed E-state index contributed by atoms with van der Waals surface area (Å²) >= 11 is 0. The van der Waals surface area contributed by atoms with Crippen molar-refractivity contribution >= 4 is 29.1 Å². The molecule has 136 valence electrons. The van der Waals surface area contributed by atoms with Crippen LogP contribution in [0, 0.1) is 0 Å². The molecule has 0 radical (unpaired) electrons. The van der Waals surface area contributed by atoms with Gasteiger partial charge in [-0.05, 0) is 26.7 Å². The molecule has 24 heavy (non-hydrogen) atoms. The highest BCUT2D eigenvalue weighted by Crippen LogP contribution is 2.13. The molecule has 0 aromatic heterocycles. The molecular formula is C18H28O6. The maximum Gasteiger partial charge on any atom is 0.305 e. The van der Waals surface area contributed by atoms with Gasteiger partial charge in [-0.3, -0.25) is 14.4 Å². The molecule has 6 nitrogen and oxygen atoms in total. The minimum absolute atomic E-state index is 0.00921. The van der Waals surface area contributed by atoms with Gasteiger partial charge in [-0.1, -0.05) is 6.92 Å². The van der Waals surface area contributed by atoms with Gasteiger partial charge in [-0.15, -0.1) is 0 Å². The zero-order valence-corrected chi connectivity index (χ0v) is 14.9. The van der Waals surface area contributed by atoms with Crippen molar-refractivity contribution in [2.45, 2.75) is 84.7 Å². The van der Waals surface area contributed by atoms with Crippen molar-refractivity contribution in [1.82, 2.24) is 0 Å². The summed E-state index contributed by atoms with van der Waals surface area (Å²) in [7, 11) is 0. The van der Waals surface area contributed by atoms with Crippen LogP contribution in [0.15, 0.2) is 0 Å². The molecule has 0 heterocycles. The van der Waals surface area contributed by atoms with Crippen LogP contribution in [0.5, 0.6) is 0 Å². The molecule has 0 aromatic carbocycles. The van der Waals surface area contributed by atoms with Crippen molar-refractivity contribution in [2.24, 2.45) is 0 Å². The first-order chi connectivity index (χ1) is 11.2. The van der Waals surface area contributed by atoms with E-state index in [0.29, 0.717) is 19.3 Å². The van der Waals surface area contributed by atoms with Gasteiger partial charge in [0.2, 0.25) is 0 Å². The second-order valence-electron chi connectivity index (χ2n) is 6.02. The first-order valence-electron chi connectivity index (χ1n) is 8.46. The third kappa shape index (κ3) is 12.7. The number of carbonyl (C=O) groups is 5. The number of carbonyl (C=O) groups excluding carboxylic acids is 5. The van der Waals surface area contributed by atoms with Gasteiger partial charge in [0.15, 0.2) is 0 Å². The molecule has 0 rings (SSSR count). The van der Waals surface area contributed by atoms with E-state index in [9.17, 15) is 24.0 Å². The second kappa shape index (κ2) is 12.6. The van der Waals surface area contributed by atoms with E-state index >= 15 is 0 Å². The number of ketones is 4. The topological polar surface area (TPSA) is 94.6 Å². The third-order valence-corrected chi connectivity index (χ3v) is 3.59. The van der Waals surface area contributed by atoms with E-state index < -0.39 is 6.10 Å². The van der Waals surface area contributed by atoms with Crippen LogP contribution in [0.3, 0.4) is 0 Å². The molecule has 0 aliphatic carbocycles. The van der Waals surface area contributed by atoms with Crippen LogP contribution in [-0.2, 0) is 28.7 Å². The second-order valence-corrected chi connectivity index (χ2v) is 6.02. The third-order valence-electron chi connectivity index (χ3n) is 3.59. The summed E-state index contributed by atoms with van der Waals surface area (Å²) in [6.45, 7) is 4.58. The summed E-state index contributed by atoms with van der Waals surface area (Å²) < 4.78 is 5.24. The van der Waals surface area contributed by atoms with E-state index in [1.807, 2.05) is 0 Å². The predicted octanol–water partition coefficient (Wildman–Crippen LogP) is 2.75. The van der Waals surface area contributed by atoms with Crippen LogP contribution in [0.2, 0.25) is 0 Å². The average Bonchev–Trinajstić information content (AvgIpc) is 2.52. The number of hydrogen-bond acceptors (Lipinski definition) is 6. The molecule has 1 unspecified atom stereocenters. The lowest BCUT2D eigenvalue weighted by atomic mass is 10.0. The van der Waals surface area contributed by atoms with Crippen molar-refractivity contribution in [3.63, 3.8) is 0 Å². The maximum absolute atomic E-state index is 11.9. The Hall–Kier alpha value is -1.85. The van der Waals surface area contributed by atoms with Crippen LogP contribution in [0.25, 0.3) is 0 Å². The SMILES string of the molecule is CCC(=O)OC(CCC(C)=O)CCC(=O)CCC(=O)CCC(C)=O. The minimum atomic E-state index is -0.446. The van der Waals surface area contributed by atoms with Gasteiger partial charge in [0, 0.05) is 44.9 Å². The summed E-state index contributed by atoms with van der Waals surface area (Å²) in [6, 6.07) is 0. The van der Waals surface area contributed by atoms with Gasteiger partial charge in [0.25, 0.3) is 0 Å². The quantitative estimate of drug-likeness (QED) is 0.451. The van der Waals surface area contributed by atoms with E-state index in [0.717, 1.165) is 0 Å². The van der Waals surface area contributed by atoms with Crippen molar-refractivity contribution in [3.05, 3.63) is 0 Å². The largest absolute Gasteiger partial charge is 0.462 e. The molecule has 0 spiro atoms. The van der Waals surface area contributed by atoms with Crippen molar-refractivity contribution in [3.8, 4) is 0 Å². The first-order valence-corrected chi connectivity index (χ1v) is 8.46. The predicted molar refractivity (Wildman–Crippen MR) is 88.5 cm³/mol. The smallest absolute Gasteiger partial charge is 0.305 e. The summed E-state index contributed by atoms with van der Waals surface area (Å²) in [5.41, 5.74) is 0. The Morgan fingerprint density at radius 3 is 1.67 bits per heavy atom. The fourth-order valence-corrected chi connectivity index (χ4v) is 2.06. The summed E-state index contributed by atoms with van der Waals surface area (Å²) in [4.78, 5) is 56.6. The Labute approximate surface area is 143 Å². The Balaban J connectivity index is 4.18. The fourth-order valence-electron chi connectivity index (χ4n) is 2.06.